The molecule has 0 heterocycles. The van der Waals surface area contributed by atoms with Gasteiger partial charge in [0.1, 0.15) is 0 Å². The topological polar surface area (TPSA) is 23.6 Å². The van der Waals surface area contributed by atoms with Gasteiger partial charge >= 0.3 is 0 Å². The maximum Gasteiger partial charge on any atom is 0.232 e. The summed E-state index contributed by atoms with van der Waals surface area (Å²) in [6.07, 6.45) is 1.05. The Morgan fingerprint density at radius 3 is 2.07 bits per heavy atom. The summed E-state index contributed by atoms with van der Waals surface area (Å²) in [5.74, 6) is 0.458. The van der Waals surface area contributed by atoms with Crippen molar-refractivity contribution in [1.29, 1.82) is 0 Å². The van der Waals surface area contributed by atoms with Crippen LogP contribution in [0.25, 0.3) is 0 Å². The third-order valence-corrected chi connectivity index (χ3v) is 2.94. The minimum Gasteiger partial charge on any atom is -0.342 e. The monoisotopic (exact) mass is 232 g/mol. The molecule has 90 valence electrons. The van der Waals surface area contributed by atoms with Crippen LogP contribution in [-0.2, 0) is 4.79 Å². The van der Waals surface area contributed by atoms with E-state index >= 15 is 0 Å². The van der Waals surface area contributed by atoms with Gasteiger partial charge in [-0.25, -0.2) is 0 Å². The van der Waals surface area contributed by atoms with Gasteiger partial charge in [-0.3, -0.25) is 4.79 Å². The third kappa shape index (κ3) is 6.05. The van der Waals surface area contributed by atoms with Crippen molar-refractivity contribution < 1.29 is 4.79 Å². The Morgan fingerprint density at radius 1 is 1.07 bits per heavy atom. The summed E-state index contributed by atoms with van der Waals surface area (Å²) in [4.78, 5) is 15.6. The van der Waals surface area contributed by atoms with Gasteiger partial charge < -0.3 is 9.80 Å². The number of carbonyl (C=O) groups excluding carboxylic acids is 1. The van der Waals surface area contributed by atoms with Gasteiger partial charge in [-0.15, -0.1) is 0 Å². The Hall–Kier alpha value is -0.220. The molecule has 0 fully saturated rings. The van der Waals surface area contributed by atoms with Crippen LogP contribution in [-0.4, -0.2) is 54.2 Å². The zero-order chi connectivity index (χ0) is 11.7. The second-order valence-electron chi connectivity index (χ2n) is 3.51. The number of thiol groups is 1. The molecule has 4 heteroatoms. The molecule has 0 saturated heterocycles. The number of amides is 1. The van der Waals surface area contributed by atoms with E-state index in [1.807, 2.05) is 11.8 Å². The highest BCUT2D eigenvalue weighted by molar-refractivity contribution is 7.81. The zero-order valence-electron chi connectivity index (χ0n) is 10.2. The fourth-order valence-corrected chi connectivity index (χ4v) is 1.78. The summed E-state index contributed by atoms with van der Waals surface area (Å²) in [7, 11) is 0. The van der Waals surface area contributed by atoms with Crippen LogP contribution in [0.15, 0.2) is 0 Å². The second-order valence-corrected chi connectivity index (χ2v) is 3.83. The molecule has 0 bridgehead atoms. The molecule has 0 aliphatic carbocycles. The van der Waals surface area contributed by atoms with E-state index in [0.29, 0.717) is 5.75 Å². The van der Waals surface area contributed by atoms with Gasteiger partial charge in [0.2, 0.25) is 5.91 Å². The van der Waals surface area contributed by atoms with E-state index in [1.54, 1.807) is 0 Å². The summed E-state index contributed by atoms with van der Waals surface area (Å²) < 4.78 is 0. The number of nitrogens with zero attached hydrogens (tertiary/aromatic N) is 2. The normalized spacial score (nSPS) is 10.7. The van der Waals surface area contributed by atoms with Gasteiger partial charge in [-0.1, -0.05) is 13.8 Å². The maximum absolute atomic E-state index is 11.4. The highest BCUT2D eigenvalue weighted by Crippen LogP contribution is 1.97. The van der Waals surface area contributed by atoms with Crippen LogP contribution in [0.1, 0.15) is 27.2 Å². The number of rotatable bonds is 8. The molecule has 15 heavy (non-hydrogen) atoms. The summed E-state index contributed by atoms with van der Waals surface area (Å²) in [6.45, 7) is 11.2. The van der Waals surface area contributed by atoms with Crippen LogP contribution in [0.2, 0.25) is 0 Å². The average molecular weight is 232 g/mol. The molecule has 3 nitrogen and oxygen atoms in total. The predicted molar refractivity (Wildman–Crippen MR) is 68.5 cm³/mol. The summed E-state index contributed by atoms with van der Waals surface area (Å²) >= 11 is 4.01. The Labute approximate surface area is 99.2 Å². The van der Waals surface area contributed by atoms with Crippen molar-refractivity contribution in [3.63, 3.8) is 0 Å². The molecule has 0 rings (SSSR count). The predicted octanol–water partition coefficient (Wildman–Crippen LogP) is 1.50. The SMILES string of the molecule is CCN(CC)CCCN(CC)C(=O)CS. The minimum atomic E-state index is 0.139. The van der Waals surface area contributed by atoms with Crippen LogP contribution >= 0.6 is 12.6 Å². The Bertz CT molecular complexity index is 172. The van der Waals surface area contributed by atoms with Crippen LogP contribution in [0.5, 0.6) is 0 Å². The number of carbonyl (C=O) groups is 1. The molecule has 1 amide bonds. The first-order chi connectivity index (χ1) is 7.19. The summed E-state index contributed by atoms with van der Waals surface area (Å²) in [6, 6.07) is 0. The lowest BCUT2D eigenvalue weighted by Gasteiger charge is -2.23. The molecular weight excluding hydrogens is 208 g/mol. The Balaban J connectivity index is 3.76. The van der Waals surface area contributed by atoms with Gasteiger partial charge in [0.25, 0.3) is 0 Å². The van der Waals surface area contributed by atoms with Crippen molar-refractivity contribution in [2.75, 3.05) is 38.5 Å². The van der Waals surface area contributed by atoms with Crippen molar-refractivity contribution in [3.8, 4) is 0 Å². The molecule has 0 aromatic rings. The maximum atomic E-state index is 11.4. The van der Waals surface area contributed by atoms with Gasteiger partial charge in [-0.2, -0.15) is 12.6 Å². The number of hydrogen-bond acceptors (Lipinski definition) is 3. The van der Waals surface area contributed by atoms with E-state index in [9.17, 15) is 4.79 Å². The van der Waals surface area contributed by atoms with Crippen molar-refractivity contribution in [3.05, 3.63) is 0 Å². The van der Waals surface area contributed by atoms with E-state index in [4.69, 9.17) is 0 Å². The summed E-state index contributed by atoms with van der Waals surface area (Å²) in [5, 5.41) is 0. The molecule has 0 atom stereocenters. The zero-order valence-corrected chi connectivity index (χ0v) is 11.1. The van der Waals surface area contributed by atoms with Gasteiger partial charge in [0, 0.05) is 13.1 Å². The lowest BCUT2D eigenvalue weighted by Crippen LogP contribution is -2.35. The standard InChI is InChI=1S/C11H24N2OS/c1-4-12(5-2)8-7-9-13(6-3)11(14)10-15/h15H,4-10H2,1-3H3. The van der Waals surface area contributed by atoms with Gasteiger partial charge in [0.05, 0.1) is 5.75 Å². The van der Waals surface area contributed by atoms with Crippen molar-refractivity contribution in [2.24, 2.45) is 0 Å². The van der Waals surface area contributed by atoms with Crippen molar-refractivity contribution in [2.45, 2.75) is 27.2 Å². The van der Waals surface area contributed by atoms with Crippen LogP contribution in [0.3, 0.4) is 0 Å². The van der Waals surface area contributed by atoms with E-state index in [2.05, 4.69) is 31.4 Å². The molecule has 0 aliphatic rings. The molecule has 0 unspecified atom stereocenters. The van der Waals surface area contributed by atoms with Crippen LogP contribution in [0, 0.1) is 0 Å². The first-order valence-electron chi connectivity index (χ1n) is 5.80. The quantitative estimate of drug-likeness (QED) is 0.641. The fraction of sp³-hybridized carbons (Fsp3) is 0.909. The molecule has 0 spiro atoms. The smallest absolute Gasteiger partial charge is 0.232 e. The van der Waals surface area contributed by atoms with Crippen molar-refractivity contribution >= 4 is 18.5 Å². The second kappa shape index (κ2) is 9.04. The van der Waals surface area contributed by atoms with E-state index < -0.39 is 0 Å². The minimum absolute atomic E-state index is 0.139. The lowest BCUT2D eigenvalue weighted by molar-refractivity contribution is -0.128. The Kier molecular flexibility index (Phi) is 8.91. The van der Waals surface area contributed by atoms with Crippen LogP contribution in [0.4, 0.5) is 0 Å². The molecule has 0 aliphatic heterocycles. The first kappa shape index (κ1) is 14.8. The number of hydrogen-bond donors (Lipinski definition) is 1. The van der Waals surface area contributed by atoms with E-state index in [0.717, 1.165) is 39.1 Å². The highest BCUT2D eigenvalue weighted by Gasteiger charge is 2.09. The first-order valence-corrected chi connectivity index (χ1v) is 6.43. The lowest BCUT2D eigenvalue weighted by atomic mass is 10.3. The average Bonchev–Trinajstić information content (AvgIpc) is 2.28. The molecule has 0 N–H and O–H groups in total. The fourth-order valence-electron chi connectivity index (χ4n) is 1.58. The molecule has 0 radical (unpaired) electrons. The van der Waals surface area contributed by atoms with E-state index in [-0.39, 0.29) is 5.91 Å². The largest absolute Gasteiger partial charge is 0.342 e. The molecule has 0 aromatic heterocycles. The van der Waals surface area contributed by atoms with Gasteiger partial charge in [-0.05, 0) is 33.0 Å². The third-order valence-electron chi connectivity index (χ3n) is 2.67. The van der Waals surface area contributed by atoms with Crippen molar-refractivity contribution in [1.82, 2.24) is 9.80 Å². The van der Waals surface area contributed by atoms with E-state index in [1.165, 1.54) is 0 Å². The van der Waals surface area contributed by atoms with Gasteiger partial charge in [0.15, 0.2) is 0 Å². The highest BCUT2D eigenvalue weighted by atomic mass is 32.1. The molecule has 0 aromatic carbocycles. The van der Waals surface area contributed by atoms with Crippen LogP contribution < -0.4 is 0 Å². The summed E-state index contributed by atoms with van der Waals surface area (Å²) in [5.41, 5.74) is 0. The Morgan fingerprint density at radius 2 is 1.67 bits per heavy atom. The molecular formula is C11H24N2OS. The molecule has 0 saturated carbocycles.